The summed E-state index contributed by atoms with van der Waals surface area (Å²) in [4.78, 5) is 0. The van der Waals surface area contributed by atoms with E-state index in [0.29, 0.717) is 0 Å². The molecule has 0 aromatic carbocycles. The van der Waals surface area contributed by atoms with Crippen LogP contribution in [0, 0.1) is 0 Å². The van der Waals surface area contributed by atoms with Crippen LogP contribution in [0.15, 0.2) is 0 Å². The second kappa shape index (κ2) is 4.70. The van der Waals surface area contributed by atoms with Crippen molar-refractivity contribution in [1.82, 2.24) is 0 Å². The van der Waals surface area contributed by atoms with E-state index in [1.54, 1.807) is 11.4 Å². The van der Waals surface area contributed by atoms with Crippen molar-refractivity contribution in [1.29, 1.82) is 0 Å². The van der Waals surface area contributed by atoms with Crippen molar-refractivity contribution in [3.8, 4) is 0 Å². The second-order valence-corrected chi connectivity index (χ2v) is 10.7. The van der Waals surface area contributed by atoms with Crippen LogP contribution in [-0.2, 0) is 4.57 Å². The third-order valence-electron chi connectivity index (χ3n) is 0.991. The van der Waals surface area contributed by atoms with E-state index >= 15 is 0 Å². The molecule has 0 amide bonds. The van der Waals surface area contributed by atoms with Gasteiger partial charge in [-0.2, -0.15) is 0 Å². The van der Waals surface area contributed by atoms with Crippen molar-refractivity contribution in [2.75, 3.05) is 18.2 Å². The van der Waals surface area contributed by atoms with Crippen LogP contribution in [0.5, 0.6) is 0 Å². The largest absolute Gasteiger partial charge is 0.300 e. The molecule has 0 aliphatic rings. The summed E-state index contributed by atoms with van der Waals surface area (Å²) in [6.45, 7) is 4.03. The summed E-state index contributed by atoms with van der Waals surface area (Å²) in [5, 5.41) is 0. The number of hydrogen-bond donors (Lipinski definition) is 0. The van der Waals surface area contributed by atoms with Gasteiger partial charge in [-0.25, -0.2) is 0 Å². The number of hydrogen-bond acceptors (Lipinski definition) is 3. The van der Waals surface area contributed by atoms with Crippen LogP contribution in [0.2, 0.25) is 0 Å². The van der Waals surface area contributed by atoms with Crippen LogP contribution in [0.3, 0.4) is 0 Å². The van der Waals surface area contributed by atoms with Gasteiger partial charge in [0.05, 0.1) is 0 Å². The Hall–Kier alpha value is 0.930. The maximum absolute atomic E-state index is 11.5. The van der Waals surface area contributed by atoms with Gasteiger partial charge in [-0.15, -0.1) is 0 Å². The quantitative estimate of drug-likeness (QED) is 0.624. The van der Waals surface area contributed by atoms with E-state index in [9.17, 15) is 4.57 Å². The third-order valence-corrected chi connectivity index (χ3v) is 10.4. The molecule has 0 heterocycles. The highest BCUT2D eigenvalue weighted by Gasteiger charge is 2.16. The zero-order valence-corrected chi connectivity index (χ0v) is 8.61. The molecule has 1 nitrogen and oxygen atoms in total. The molecule has 1 atom stereocenters. The molecule has 0 fully saturated rings. The minimum Gasteiger partial charge on any atom is -0.300 e. The van der Waals surface area contributed by atoms with E-state index in [1.165, 1.54) is 11.4 Å². The summed E-state index contributed by atoms with van der Waals surface area (Å²) in [5.74, 6) is 0.964. The zero-order chi connectivity index (χ0) is 7.33. The zero-order valence-electron chi connectivity index (χ0n) is 6.09. The molecule has 1 unspecified atom stereocenters. The van der Waals surface area contributed by atoms with Gasteiger partial charge >= 0.3 is 0 Å². The molecular weight excluding hydrogens is 171 g/mol. The molecule has 0 aromatic heterocycles. The Morgan fingerprint density at radius 2 is 2.00 bits per heavy atom. The van der Waals surface area contributed by atoms with Crippen LogP contribution in [0.4, 0.5) is 0 Å². The fraction of sp³-hybridized carbons (Fsp3) is 1.00. The van der Waals surface area contributed by atoms with E-state index in [0.717, 1.165) is 11.9 Å². The lowest BCUT2D eigenvalue weighted by molar-refractivity contribution is 0.594. The Bertz CT molecular complexity index is 108. The Morgan fingerprint density at radius 3 is 2.11 bits per heavy atom. The summed E-state index contributed by atoms with van der Waals surface area (Å²) < 4.78 is 11.5. The van der Waals surface area contributed by atoms with Gasteiger partial charge in [0.15, 0.2) is 5.55 Å². The van der Waals surface area contributed by atoms with Crippen molar-refractivity contribution in [3.05, 3.63) is 0 Å². The van der Waals surface area contributed by atoms with Gasteiger partial charge in [0.2, 0.25) is 0 Å². The highest BCUT2D eigenvalue weighted by Crippen LogP contribution is 2.67. The molecule has 0 radical (unpaired) electrons. The summed E-state index contributed by atoms with van der Waals surface area (Å²) in [7, 11) is 0. The van der Waals surface area contributed by atoms with Gasteiger partial charge in [0.25, 0.3) is 0 Å². The molecule has 0 aromatic rings. The van der Waals surface area contributed by atoms with Gasteiger partial charge in [0, 0.05) is 6.16 Å². The van der Waals surface area contributed by atoms with Gasteiger partial charge < -0.3 is 4.57 Å². The van der Waals surface area contributed by atoms with Crippen LogP contribution >= 0.6 is 28.3 Å². The topological polar surface area (TPSA) is 17.1 Å². The molecule has 0 saturated carbocycles. The fourth-order valence-corrected chi connectivity index (χ4v) is 6.13. The van der Waals surface area contributed by atoms with Crippen molar-refractivity contribution < 1.29 is 4.57 Å². The van der Waals surface area contributed by atoms with Crippen molar-refractivity contribution >= 4 is 28.3 Å². The summed E-state index contributed by atoms with van der Waals surface area (Å²) in [5.41, 5.74) is -1.85. The molecule has 0 aliphatic heterocycles. The Balaban J connectivity index is 3.78. The molecule has 0 spiro atoms. The van der Waals surface area contributed by atoms with Gasteiger partial charge in [-0.05, 0) is 12.0 Å². The normalized spacial score (nSPS) is 17.2. The van der Waals surface area contributed by atoms with Gasteiger partial charge in [-0.1, -0.05) is 36.6 Å². The Labute approximate surface area is 65.2 Å². The molecule has 0 aliphatic carbocycles. The van der Waals surface area contributed by atoms with E-state index in [4.69, 9.17) is 0 Å². The molecule has 0 bridgehead atoms. The second-order valence-electron chi connectivity index (χ2n) is 1.53. The van der Waals surface area contributed by atoms with Gasteiger partial charge in [-0.3, -0.25) is 0 Å². The molecule has 56 valence electrons. The predicted molar refractivity (Wildman–Crippen MR) is 49.8 cm³/mol. The van der Waals surface area contributed by atoms with Crippen LogP contribution < -0.4 is 0 Å². The van der Waals surface area contributed by atoms with Crippen molar-refractivity contribution in [2.24, 2.45) is 0 Å². The monoisotopic (exact) mass is 184 g/mol. The minimum atomic E-state index is -1.85. The molecular formula is C5H13OPS2. The average molecular weight is 184 g/mol. The Kier molecular flexibility index (Phi) is 5.19. The smallest absolute Gasteiger partial charge is 0.190 e. The third kappa shape index (κ3) is 3.59. The van der Waals surface area contributed by atoms with Gasteiger partial charge in [0.1, 0.15) is 0 Å². The standard InChI is InChI=1S/C5H13OPS2/c1-4-7(6,8-3)9-5-2/h4-5H2,1-3H3. The lowest BCUT2D eigenvalue weighted by Gasteiger charge is -2.09. The fourth-order valence-electron chi connectivity index (χ4n) is 0.470. The van der Waals surface area contributed by atoms with Crippen molar-refractivity contribution in [3.63, 3.8) is 0 Å². The van der Waals surface area contributed by atoms with E-state index in [1.807, 2.05) is 20.1 Å². The van der Waals surface area contributed by atoms with E-state index in [-0.39, 0.29) is 0 Å². The first-order valence-electron chi connectivity index (χ1n) is 2.98. The molecule has 9 heavy (non-hydrogen) atoms. The highest BCUT2D eigenvalue weighted by molar-refractivity contribution is 8.90. The van der Waals surface area contributed by atoms with Crippen LogP contribution in [0.1, 0.15) is 13.8 Å². The molecule has 0 saturated heterocycles. The summed E-state index contributed by atoms with van der Waals surface area (Å²) in [6.07, 6.45) is 2.74. The molecule has 0 rings (SSSR count). The minimum absolute atomic E-state index is 0.812. The SMILES string of the molecule is CCSP(=O)(CC)SC. The maximum atomic E-state index is 11.5. The van der Waals surface area contributed by atoms with Crippen molar-refractivity contribution in [2.45, 2.75) is 13.8 Å². The average Bonchev–Trinajstić information content (AvgIpc) is 1.89. The first kappa shape index (κ1) is 9.93. The predicted octanol–water partition coefficient (Wildman–Crippen LogP) is 3.32. The Morgan fingerprint density at radius 1 is 1.44 bits per heavy atom. The number of rotatable bonds is 4. The summed E-state index contributed by atoms with van der Waals surface area (Å²) in [6, 6.07) is 0. The first-order valence-corrected chi connectivity index (χ1v) is 8.29. The summed E-state index contributed by atoms with van der Waals surface area (Å²) >= 11 is 3.11. The lowest BCUT2D eigenvalue weighted by atomic mass is 11.0. The molecule has 4 heteroatoms. The van der Waals surface area contributed by atoms with E-state index < -0.39 is 5.55 Å². The molecule has 0 N–H and O–H groups in total. The highest BCUT2D eigenvalue weighted by atomic mass is 33.1. The van der Waals surface area contributed by atoms with Crippen LogP contribution in [0.25, 0.3) is 0 Å². The van der Waals surface area contributed by atoms with E-state index in [2.05, 4.69) is 0 Å². The van der Waals surface area contributed by atoms with Crippen LogP contribution in [-0.4, -0.2) is 18.2 Å². The lowest BCUT2D eigenvalue weighted by Crippen LogP contribution is -1.74. The maximum Gasteiger partial charge on any atom is 0.190 e. The first-order chi connectivity index (χ1) is 4.18.